The average Bonchev–Trinajstić information content (AvgIpc) is 1.25. The highest BCUT2D eigenvalue weighted by Gasteiger charge is 2.17. The molecule has 0 aromatic heterocycles. The van der Waals surface area contributed by atoms with E-state index in [0.717, 1.165) is 0 Å². The smallest absolute Gasteiger partial charge is 0.0145 e. The summed E-state index contributed by atoms with van der Waals surface area (Å²) in [5, 5.41) is 11.6. The molecule has 0 aliphatic rings. The minimum atomic E-state index is -0.979. The fourth-order valence-electron chi connectivity index (χ4n) is 0. The number of hydrogen-bond donors (Lipinski definition) is 2. The van der Waals surface area contributed by atoms with Gasteiger partial charge in [-0.05, 0) is 25.0 Å². The lowest BCUT2D eigenvalue weighted by molar-refractivity contribution is 1.86. The van der Waals surface area contributed by atoms with Crippen molar-refractivity contribution in [2.24, 2.45) is 10.3 Å². The molecule has 0 aromatic carbocycles. The van der Waals surface area contributed by atoms with Gasteiger partial charge in [-0.1, -0.05) is 0 Å². The number of hydrogen-bond acceptors (Lipinski definition) is 2. The maximum atomic E-state index is 5.81. The van der Waals surface area contributed by atoms with E-state index in [4.69, 9.17) is 10.3 Å². The van der Waals surface area contributed by atoms with Crippen LogP contribution in [0.15, 0.2) is 0 Å². The molecule has 0 aliphatic heterocycles. The Kier molecular flexibility index (Phi) is 2.26. The normalized spacial score (nSPS) is 18.2. The summed E-state index contributed by atoms with van der Waals surface area (Å²) in [6.45, 7) is 0. The zero-order valence-electron chi connectivity index (χ0n) is 5.97. The molecule has 0 spiro atoms. The summed E-state index contributed by atoms with van der Waals surface area (Å²) in [4.78, 5) is 0. The van der Waals surface area contributed by atoms with E-state index in [1.54, 1.807) is 0 Å². The Bertz CT molecular complexity index is 67.0. The fraction of sp³-hybridized carbons (Fsp3) is 1.00. The summed E-state index contributed by atoms with van der Waals surface area (Å²) in [5.74, 6) is 0. The summed E-state index contributed by atoms with van der Waals surface area (Å²) in [5.41, 5.74) is 0. The zero-order valence-corrected chi connectivity index (χ0v) is 7.60. The molecule has 2 nitrogen and oxygen atoms in total. The third kappa shape index (κ3) is 2.26. The fourth-order valence-corrected chi connectivity index (χ4v) is 0. The third-order valence-corrected chi connectivity index (χ3v) is 9.96. The van der Waals surface area contributed by atoms with Crippen LogP contribution in [-0.4, -0.2) is 25.0 Å². The molecule has 4 N–H and O–H groups in total. The lowest BCUT2D eigenvalue weighted by Gasteiger charge is -2.44. The lowest BCUT2D eigenvalue weighted by atomic mass is 11.9. The molecular formula is C4H16N2S2. The average molecular weight is 156 g/mol. The van der Waals surface area contributed by atoms with Crippen LogP contribution in [0.2, 0.25) is 0 Å². The summed E-state index contributed by atoms with van der Waals surface area (Å²) in [6, 6.07) is 0. The second-order valence-corrected chi connectivity index (χ2v) is 13.0. The predicted octanol–water partition coefficient (Wildman–Crippen LogP) is 0.777. The molecule has 0 aromatic rings. The Morgan fingerprint density at radius 1 is 0.750 bits per heavy atom. The Morgan fingerprint density at radius 3 is 0.875 bits per heavy atom. The minimum absolute atomic E-state index is 0.979. The number of nitrogens with two attached hydrogens (primary N) is 2. The van der Waals surface area contributed by atoms with Gasteiger partial charge in [0, 0.05) is 0 Å². The molecule has 0 unspecified atom stereocenters. The second-order valence-electron chi connectivity index (χ2n) is 2.62. The van der Waals surface area contributed by atoms with Crippen molar-refractivity contribution in [1.82, 2.24) is 0 Å². The molecule has 0 fully saturated rings. The Balaban J connectivity index is 4.02. The predicted molar refractivity (Wildman–Crippen MR) is 47.3 cm³/mol. The molecule has 8 heavy (non-hydrogen) atoms. The number of rotatable bonds is 1. The maximum Gasteiger partial charge on any atom is -0.0145 e. The van der Waals surface area contributed by atoms with Crippen molar-refractivity contribution in [3.8, 4) is 0 Å². The van der Waals surface area contributed by atoms with Gasteiger partial charge < -0.3 is 0 Å². The highest BCUT2D eigenvalue weighted by Crippen LogP contribution is 2.63. The van der Waals surface area contributed by atoms with Gasteiger partial charge in [-0.2, -0.15) is 18.5 Å². The molecule has 0 radical (unpaired) electrons. The van der Waals surface area contributed by atoms with Crippen LogP contribution in [-0.2, 0) is 0 Å². The highest BCUT2D eigenvalue weighted by molar-refractivity contribution is 9.06. The molecule has 0 aliphatic carbocycles. The van der Waals surface area contributed by atoms with Crippen molar-refractivity contribution in [3.05, 3.63) is 0 Å². The largest absolute Gasteiger partial charge is 0.287 e. The second kappa shape index (κ2) is 2.10. The summed E-state index contributed by atoms with van der Waals surface area (Å²) in [7, 11) is -1.96. The molecule has 0 heterocycles. The molecule has 0 saturated heterocycles. The summed E-state index contributed by atoms with van der Waals surface area (Å²) >= 11 is 0. The van der Waals surface area contributed by atoms with Gasteiger partial charge in [0.05, 0.1) is 0 Å². The molecule has 0 rings (SSSR count). The molecule has 0 bridgehead atoms. The van der Waals surface area contributed by atoms with E-state index in [-0.39, 0.29) is 0 Å². The third-order valence-electron chi connectivity index (χ3n) is 1.11. The van der Waals surface area contributed by atoms with E-state index in [0.29, 0.717) is 0 Å². The van der Waals surface area contributed by atoms with E-state index in [9.17, 15) is 0 Å². The van der Waals surface area contributed by atoms with Crippen molar-refractivity contribution in [3.63, 3.8) is 0 Å². The first-order valence-corrected chi connectivity index (χ1v) is 7.81. The van der Waals surface area contributed by atoms with Gasteiger partial charge >= 0.3 is 0 Å². The van der Waals surface area contributed by atoms with Crippen LogP contribution >= 0.6 is 18.5 Å². The SMILES string of the molecule is CS(C)(N)S(C)(C)N. The van der Waals surface area contributed by atoms with E-state index >= 15 is 0 Å². The first-order chi connectivity index (χ1) is 3.25. The lowest BCUT2D eigenvalue weighted by Crippen LogP contribution is -2.20. The van der Waals surface area contributed by atoms with Crippen molar-refractivity contribution < 1.29 is 0 Å². The molecule has 0 atom stereocenters. The van der Waals surface area contributed by atoms with Gasteiger partial charge in [0.25, 0.3) is 0 Å². The van der Waals surface area contributed by atoms with Crippen LogP contribution in [0.5, 0.6) is 0 Å². The van der Waals surface area contributed by atoms with Gasteiger partial charge in [-0.25, -0.2) is 0 Å². The molecule has 0 saturated carbocycles. The van der Waals surface area contributed by atoms with Crippen molar-refractivity contribution in [2.45, 2.75) is 0 Å². The van der Waals surface area contributed by atoms with E-state index in [1.165, 1.54) is 0 Å². The minimum Gasteiger partial charge on any atom is -0.287 e. The van der Waals surface area contributed by atoms with E-state index in [1.807, 2.05) is 25.0 Å². The molecular weight excluding hydrogens is 140 g/mol. The monoisotopic (exact) mass is 156 g/mol. The Hall–Kier alpha value is 0.620. The van der Waals surface area contributed by atoms with Gasteiger partial charge in [0.1, 0.15) is 0 Å². The van der Waals surface area contributed by atoms with Crippen molar-refractivity contribution in [1.29, 1.82) is 0 Å². The van der Waals surface area contributed by atoms with Crippen LogP contribution in [0.1, 0.15) is 0 Å². The van der Waals surface area contributed by atoms with E-state index < -0.39 is 18.5 Å². The van der Waals surface area contributed by atoms with Crippen LogP contribution in [0, 0.1) is 0 Å². The van der Waals surface area contributed by atoms with Gasteiger partial charge in [-0.15, -0.1) is 0 Å². The quantitative estimate of drug-likeness (QED) is 0.551. The standard InChI is InChI=1S/C4H16N2S2/c1-7(2,5)8(3,4)6/h5-6H2,1-4H3. The van der Waals surface area contributed by atoms with Crippen LogP contribution in [0.3, 0.4) is 0 Å². The van der Waals surface area contributed by atoms with Crippen molar-refractivity contribution in [2.75, 3.05) is 25.0 Å². The molecule has 54 valence electrons. The van der Waals surface area contributed by atoms with Crippen LogP contribution < -0.4 is 10.3 Å². The van der Waals surface area contributed by atoms with Gasteiger partial charge in [-0.3, -0.25) is 10.3 Å². The Labute approximate surface area is 54.3 Å². The first-order valence-electron chi connectivity index (χ1n) is 2.27. The van der Waals surface area contributed by atoms with Crippen LogP contribution in [0.25, 0.3) is 0 Å². The van der Waals surface area contributed by atoms with Crippen LogP contribution in [0.4, 0.5) is 0 Å². The van der Waals surface area contributed by atoms with Gasteiger partial charge in [0.15, 0.2) is 0 Å². The molecule has 0 amide bonds. The summed E-state index contributed by atoms with van der Waals surface area (Å²) in [6.07, 6.45) is 8.18. The van der Waals surface area contributed by atoms with Crippen molar-refractivity contribution >= 4 is 18.5 Å². The Morgan fingerprint density at radius 2 is 0.875 bits per heavy atom. The molecule has 4 heteroatoms. The topological polar surface area (TPSA) is 52.0 Å². The highest BCUT2D eigenvalue weighted by atomic mass is 33.2. The van der Waals surface area contributed by atoms with Gasteiger partial charge in [0.2, 0.25) is 0 Å². The van der Waals surface area contributed by atoms with E-state index in [2.05, 4.69) is 0 Å². The summed E-state index contributed by atoms with van der Waals surface area (Å²) < 4.78 is 0. The first kappa shape index (κ1) is 8.62. The zero-order chi connectivity index (χ0) is 7.00. The maximum absolute atomic E-state index is 5.81.